The SMILES string of the molecule is COc1ccc(-c2cnn3c(C(F)(F)F)cc(C(C)(C)C)nc23)cc1OC. The van der Waals surface area contributed by atoms with E-state index in [1.54, 1.807) is 18.2 Å². The average molecular weight is 379 g/mol. The molecule has 8 heteroatoms. The average Bonchev–Trinajstić information content (AvgIpc) is 3.02. The first-order chi connectivity index (χ1) is 12.6. The van der Waals surface area contributed by atoms with Gasteiger partial charge in [0.1, 0.15) is 5.69 Å². The highest BCUT2D eigenvalue weighted by atomic mass is 19.4. The van der Waals surface area contributed by atoms with E-state index in [1.165, 1.54) is 20.4 Å². The monoisotopic (exact) mass is 379 g/mol. The molecule has 0 unspecified atom stereocenters. The molecule has 0 N–H and O–H groups in total. The van der Waals surface area contributed by atoms with Crippen molar-refractivity contribution in [3.05, 3.63) is 41.9 Å². The van der Waals surface area contributed by atoms with Crippen LogP contribution in [0.25, 0.3) is 16.8 Å². The fraction of sp³-hybridized carbons (Fsp3) is 0.368. The van der Waals surface area contributed by atoms with Crippen LogP contribution in [0, 0.1) is 0 Å². The summed E-state index contributed by atoms with van der Waals surface area (Å²) in [5.41, 5.74) is 0.179. The van der Waals surface area contributed by atoms with Crippen molar-refractivity contribution in [3.8, 4) is 22.6 Å². The van der Waals surface area contributed by atoms with Crippen LogP contribution in [-0.2, 0) is 11.6 Å². The third-order valence-corrected chi connectivity index (χ3v) is 4.23. The van der Waals surface area contributed by atoms with Crippen LogP contribution in [0.3, 0.4) is 0 Å². The third kappa shape index (κ3) is 3.43. The number of hydrogen-bond donors (Lipinski definition) is 0. The highest BCUT2D eigenvalue weighted by Gasteiger charge is 2.36. The van der Waals surface area contributed by atoms with Crippen molar-refractivity contribution >= 4 is 5.65 Å². The van der Waals surface area contributed by atoms with Gasteiger partial charge in [0.15, 0.2) is 17.1 Å². The molecule has 0 saturated heterocycles. The van der Waals surface area contributed by atoms with E-state index in [0.717, 1.165) is 10.6 Å². The first-order valence-electron chi connectivity index (χ1n) is 8.25. The van der Waals surface area contributed by atoms with Crippen LogP contribution in [0.15, 0.2) is 30.5 Å². The van der Waals surface area contributed by atoms with Crippen LogP contribution in [0.5, 0.6) is 11.5 Å². The maximum absolute atomic E-state index is 13.6. The number of halogens is 3. The number of fused-ring (bicyclic) bond motifs is 1. The van der Waals surface area contributed by atoms with E-state index in [0.29, 0.717) is 28.3 Å². The van der Waals surface area contributed by atoms with E-state index >= 15 is 0 Å². The van der Waals surface area contributed by atoms with Crippen molar-refractivity contribution in [1.82, 2.24) is 14.6 Å². The topological polar surface area (TPSA) is 48.7 Å². The van der Waals surface area contributed by atoms with Crippen molar-refractivity contribution in [2.75, 3.05) is 14.2 Å². The highest BCUT2D eigenvalue weighted by molar-refractivity contribution is 5.79. The summed E-state index contributed by atoms with van der Waals surface area (Å²) in [5.74, 6) is 0.995. The molecular formula is C19H20F3N3O2. The maximum Gasteiger partial charge on any atom is 0.433 e. The molecule has 27 heavy (non-hydrogen) atoms. The summed E-state index contributed by atoms with van der Waals surface area (Å²) in [4.78, 5) is 4.48. The number of methoxy groups -OCH3 is 2. The molecule has 0 radical (unpaired) electrons. The van der Waals surface area contributed by atoms with E-state index in [9.17, 15) is 13.2 Å². The van der Waals surface area contributed by atoms with Crippen molar-refractivity contribution < 1.29 is 22.6 Å². The largest absolute Gasteiger partial charge is 0.493 e. The predicted octanol–water partition coefficient (Wildman–Crippen LogP) is 4.73. The predicted molar refractivity (Wildman–Crippen MR) is 95.2 cm³/mol. The van der Waals surface area contributed by atoms with Gasteiger partial charge in [0.05, 0.1) is 26.1 Å². The molecule has 0 bridgehead atoms. The zero-order valence-electron chi connectivity index (χ0n) is 15.7. The summed E-state index contributed by atoms with van der Waals surface area (Å²) in [5, 5.41) is 3.94. The zero-order chi connectivity index (χ0) is 20.0. The van der Waals surface area contributed by atoms with E-state index in [2.05, 4.69) is 10.1 Å². The first kappa shape index (κ1) is 19.0. The molecular weight excluding hydrogens is 359 g/mol. The van der Waals surface area contributed by atoms with E-state index < -0.39 is 17.3 Å². The molecule has 0 saturated carbocycles. The second kappa shape index (κ2) is 6.44. The Balaban J connectivity index is 2.30. The van der Waals surface area contributed by atoms with Gasteiger partial charge in [-0.3, -0.25) is 0 Å². The highest BCUT2D eigenvalue weighted by Crippen LogP contribution is 2.37. The van der Waals surface area contributed by atoms with Gasteiger partial charge < -0.3 is 9.47 Å². The van der Waals surface area contributed by atoms with Gasteiger partial charge >= 0.3 is 6.18 Å². The number of ether oxygens (including phenoxy) is 2. The molecule has 2 heterocycles. The van der Waals surface area contributed by atoms with E-state index in [-0.39, 0.29) is 5.65 Å². The van der Waals surface area contributed by atoms with Gasteiger partial charge in [-0.2, -0.15) is 18.3 Å². The molecule has 0 aliphatic rings. The minimum Gasteiger partial charge on any atom is -0.493 e. The lowest BCUT2D eigenvalue weighted by atomic mass is 9.91. The summed E-state index contributed by atoms with van der Waals surface area (Å²) in [6.07, 6.45) is -3.17. The molecule has 1 aromatic carbocycles. The van der Waals surface area contributed by atoms with Crippen LogP contribution >= 0.6 is 0 Å². The van der Waals surface area contributed by atoms with Crippen molar-refractivity contribution in [2.45, 2.75) is 32.4 Å². The van der Waals surface area contributed by atoms with Crippen LogP contribution in [0.4, 0.5) is 13.2 Å². The fourth-order valence-electron chi connectivity index (χ4n) is 2.76. The molecule has 0 aliphatic carbocycles. The minimum absolute atomic E-state index is 0.141. The van der Waals surface area contributed by atoms with Crippen LogP contribution in [0.1, 0.15) is 32.2 Å². The summed E-state index contributed by atoms with van der Waals surface area (Å²) in [7, 11) is 3.01. The van der Waals surface area contributed by atoms with Gasteiger partial charge in [-0.15, -0.1) is 0 Å². The zero-order valence-corrected chi connectivity index (χ0v) is 15.7. The molecule has 3 rings (SSSR count). The lowest BCUT2D eigenvalue weighted by Gasteiger charge is -2.20. The Bertz CT molecular complexity index is 988. The molecule has 0 atom stereocenters. The normalized spacial score (nSPS) is 12.4. The third-order valence-electron chi connectivity index (χ3n) is 4.23. The quantitative estimate of drug-likeness (QED) is 0.660. The van der Waals surface area contributed by atoms with Gasteiger partial charge in [-0.1, -0.05) is 26.8 Å². The summed E-state index contributed by atoms with van der Waals surface area (Å²) in [6.45, 7) is 5.45. The minimum atomic E-state index is -4.55. The van der Waals surface area contributed by atoms with E-state index in [4.69, 9.17) is 9.47 Å². The number of hydrogen-bond acceptors (Lipinski definition) is 4. The lowest BCUT2D eigenvalue weighted by molar-refractivity contribution is -0.142. The van der Waals surface area contributed by atoms with Crippen molar-refractivity contribution in [2.24, 2.45) is 0 Å². The summed E-state index contributed by atoms with van der Waals surface area (Å²) in [6, 6.07) is 6.17. The number of rotatable bonds is 3. The van der Waals surface area contributed by atoms with Crippen molar-refractivity contribution in [3.63, 3.8) is 0 Å². The Hall–Kier alpha value is -2.77. The molecule has 0 spiro atoms. The molecule has 3 aromatic rings. The first-order valence-corrected chi connectivity index (χ1v) is 8.25. The molecule has 144 valence electrons. The second-order valence-corrected chi connectivity index (χ2v) is 7.14. The maximum atomic E-state index is 13.6. The number of alkyl halides is 3. The van der Waals surface area contributed by atoms with Crippen LogP contribution in [0.2, 0.25) is 0 Å². The molecule has 0 aliphatic heterocycles. The number of aromatic nitrogens is 3. The number of benzene rings is 1. The Morgan fingerprint density at radius 3 is 2.19 bits per heavy atom. The van der Waals surface area contributed by atoms with Crippen molar-refractivity contribution in [1.29, 1.82) is 0 Å². The van der Waals surface area contributed by atoms with Gasteiger partial charge in [0, 0.05) is 11.0 Å². The molecule has 0 fully saturated rings. The van der Waals surface area contributed by atoms with Gasteiger partial charge in [0.2, 0.25) is 0 Å². The smallest absolute Gasteiger partial charge is 0.433 e. The summed E-state index contributed by atoms with van der Waals surface area (Å²) >= 11 is 0. The Kier molecular flexibility index (Phi) is 4.53. The Morgan fingerprint density at radius 1 is 0.963 bits per heavy atom. The second-order valence-electron chi connectivity index (χ2n) is 7.14. The lowest BCUT2D eigenvalue weighted by Crippen LogP contribution is -2.20. The van der Waals surface area contributed by atoms with Gasteiger partial charge in [-0.05, 0) is 23.8 Å². The van der Waals surface area contributed by atoms with Gasteiger partial charge in [-0.25, -0.2) is 9.50 Å². The Labute approximate surface area is 154 Å². The number of nitrogens with zero attached hydrogens (tertiary/aromatic N) is 3. The Morgan fingerprint density at radius 2 is 1.63 bits per heavy atom. The standard InChI is InChI=1S/C19H20F3N3O2/c1-18(2,3)15-9-16(19(20,21)22)25-17(24-15)12(10-23-25)11-6-7-13(26-4)14(8-11)27-5/h6-10H,1-5H3. The molecule has 2 aromatic heterocycles. The summed E-state index contributed by atoms with van der Waals surface area (Å²) < 4.78 is 52.1. The van der Waals surface area contributed by atoms with Crippen LogP contribution in [-0.4, -0.2) is 28.8 Å². The molecule has 0 amide bonds. The van der Waals surface area contributed by atoms with Crippen LogP contribution < -0.4 is 9.47 Å². The van der Waals surface area contributed by atoms with Gasteiger partial charge in [0.25, 0.3) is 0 Å². The fourth-order valence-corrected chi connectivity index (χ4v) is 2.76. The molecule has 5 nitrogen and oxygen atoms in total. The van der Waals surface area contributed by atoms with E-state index in [1.807, 2.05) is 20.8 Å².